The predicted molar refractivity (Wildman–Crippen MR) is 102 cm³/mol. The summed E-state index contributed by atoms with van der Waals surface area (Å²) in [6, 6.07) is 9.68. The van der Waals surface area contributed by atoms with Crippen LogP contribution in [0.3, 0.4) is 0 Å². The van der Waals surface area contributed by atoms with Crippen LogP contribution >= 0.6 is 0 Å². The third kappa shape index (κ3) is 4.21. The van der Waals surface area contributed by atoms with Gasteiger partial charge in [-0.05, 0) is 67.8 Å². The third-order valence-electron chi connectivity index (χ3n) is 4.66. The molecule has 6 nitrogen and oxygen atoms in total. The Labute approximate surface area is 159 Å². The van der Waals surface area contributed by atoms with Gasteiger partial charge < -0.3 is 9.47 Å². The number of rotatable bonds is 4. The number of carbonyl (C=O) groups is 1. The molecule has 1 heterocycles. The molecule has 0 spiro atoms. The van der Waals surface area contributed by atoms with Crippen molar-refractivity contribution in [3.8, 4) is 5.75 Å². The van der Waals surface area contributed by atoms with Crippen LogP contribution in [0.1, 0.15) is 27.0 Å². The van der Waals surface area contributed by atoms with Crippen molar-refractivity contribution in [3.63, 3.8) is 0 Å². The Morgan fingerprint density at radius 1 is 1.04 bits per heavy atom. The second-order valence-electron chi connectivity index (χ2n) is 6.64. The minimum Gasteiger partial charge on any atom is -0.423 e. The zero-order chi connectivity index (χ0) is 19.6. The van der Waals surface area contributed by atoms with Gasteiger partial charge in [0, 0.05) is 13.1 Å². The fourth-order valence-electron chi connectivity index (χ4n) is 2.96. The Bertz CT molecular complexity index is 945. The number of aryl methyl sites for hydroxylation is 2. The Balaban J connectivity index is 1.78. The molecule has 3 rings (SSSR count). The van der Waals surface area contributed by atoms with Gasteiger partial charge in [0.2, 0.25) is 10.0 Å². The van der Waals surface area contributed by atoms with E-state index in [0.717, 1.165) is 16.7 Å². The van der Waals surface area contributed by atoms with E-state index in [2.05, 4.69) is 0 Å². The summed E-state index contributed by atoms with van der Waals surface area (Å²) in [5.41, 5.74) is 3.26. The van der Waals surface area contributed by atoms with E-state index in [-0.39, 0.29) is 4.90 Å². The molecule has 0 aromatic heterocycles. The first kappa shape index (κ1) is 19.5. The maximum atomic E-state index is 12.6. The largest absolute Gasteiger partial charge is 0.423 e. The molecule has 7 heteroatoms. The van der Waals surface area contributed by atoms with Gasteiger partial charge in [-0.2, -0.15) is 4.31 Å². The van der Waals surface area contributed by atoms with E-state index in [1.807, 2.05) is 32.9 Å². The standard InChI is InChI=1S/C20H23NO5S/c1-14-12-15(2)16(3)19(13-14)26-20(22)17-4-6-18(7-5-17)27(23,24)21-8-10-25-11-9-21/h4-7,12-13H,8-11H2,1-3H3. The number of morpholine rings is 1. The number of carbonyl (C=O) groups excluding carboxylic acids is 1. The lowest BCUT2D eigenvalue weighted by Crippen LogP contribution is -2.40. The normalized spacial score (nSPS) is 15.5. The SMILES string of the molecule is Cc1cc(C)c(C)c(OC(=O)c2ccc(S(=O)(=O)N3CCOCC3)cc2)c1. The molecule has 0 N–H and O–H groups in total. The summed E-state index contributed by atoms with van der Waals surface area (Å²) in [5, 5.41) is 0. The third-order valence-corrected chi connectivity index (χ3v) is 6.58. The number of ether oxygens (including phenoxy) is 2. The van der Waals surface area contributed by atoms with Crippen molar-refractivity contribution >= 4 is 16.0 Å². The molecule has 2 aromatic carbocycles. The van der Waals surface area contributed by atoms with Crippen LogP contribution in [0.15, 0.2) is 41.3 Å². The average Bonchev–Trinajstić information content (AvgIpc) is 2.66. The molecule has 144 valence electrons. The number of hydrogen-bond donors (Lipinski definition) is 0. The molecular formula is C20H23NO5S. The van der Waals surface area contributed by atoms with Crippen LogP contribution in [0.5, 0.6) is 5.75 Å². The smallest absolute Gasteiger partial charge is 0.343 e. The number of benzene rings is 2. The van der Waals surface area contributed by atoms with E-state index >= 15 is 0 Å². The second-order valence-corrected chi connectivity index (χ2v) is 8.57. The van der Waals surface area contributed by atoms with Crippen LogP contribution in [-0.2, 0) is 14.8 Å². The van der Waals surface area contributed by atoms with Crippen molar-refractivity contribution in [1.29, 1.82) is 0 Å². The van der Waals surface area contributed by atoms with Gasteiger partial charge in [0.05, 0.1) is 23.7 Å². The van der Waals surface area contributed by atoms with Gasteiger partial charge in [-0.25, -0.2) is 13.2 Å². The van der Waals surface area contributed by atoms with Crippen molar-refractivity contribution in [2.24, 2.45) is 0 Å². The first-order valence-corrected chi connectivity index (χ1v) is 10.2. The molecule has 0 bridgehead atoms. The molecule has 0 unspecified atom stereocenters. The van der Waals surface area contributed by atoms with E-state index < -0.39 is 16.0 Å². The minimum absolute atomic E-state index is 0.156. The maximum absolute atomic E-state index is 12.6. The molecule has 0 amide bonds. The van der Waals surface area contributed by atoms with Gasteiger partial charge in [0.1, 0.15) is 5.75 Å². The van der Waals surface area contributed by atoms with E-state index in [4.69, 9.17) is 9.47 Å². The highest BCUT2D eigenvalue weighted by molar-refractivity contribution is 7.89. The quantitative estimate of drug-likeness (QED) is 0.594. The fraction of sp³-hybridized carbons (Fsp3) is 0.350. The maximum Gasteiger partial charge on any atom is 0.343 e. The van der Waals surface area contributed by atoms with Gasteiger partial charge in [0.15, 0.2) is 0 Å². The van der Waals surface area contributed by atoms with Crippen LogP contribution in [0.25, 0.3) is 0 Å². The molecular weight excluding hydrogens is 366 g/mol. The lowest BCUT2D eigenvalue weighted by molar-refractivity contribution is 0.0730. The van der Waals surface area contributed by atoms with Crippen LogP contribution in [0.2, 0.25) is 0 Å². The first-order chi connectivity index (χ1) is 12.8. The Morgan fingerprint density at radius 2 is 1.67 bits per heavy atom. The Morgan fingerprint density at radius 3 is 2.30 bits per heavy atom. The lowest BCUT2D eigenvalue weighted by Gasteiger charge is -2.26. The van der Waals surface area contributed by atoms with Gasteiger partial charge >= 0.3 is 5.97 Å². The summed E-state index contributed by atoms with van der Waals surface area (Å²) in [7, 11) is -3.58. The Kier molecular flexibility index (Phi) is 5.64. The Hall–Kier alpha value is -2.22. The van der Waals surface area contributed by atoms with Crippen molar-refractivity contribution in [3.05, 3.63) is 58.7 Å². The molecule has 0 saturated carbocycles. The zero-order valence-corrected chi connectivity index (χ0v) is 16.5. The summed E-state index contributed by atoms with van der Waals surface area (Å²) in [4.78, 5) is 12.6. The van der Waals surface area contributed by atoms with Gasteiger partial charge in [0.25, 0.3) is 0 Å². The van der Waals surface area contributed by atoms with Crippen molar-refractivity contribution in [2.45, 2.75) is 25.7 Å². The first-order valence-electron chi connectivity index (χ1n) is 8.77. The van der Waals surface area contributed by atoms with E-state index in [9.17, 15) is 13.2 Å². The molecule has 27 heavy (non-hydrogen) atoms. The van der Waals surface area contributed by atoms with Gasteiger partial charge in [-0.15, -0.1) is 0 Å². The monoisotopic (exact) mass is 389 g/mol. The van der Waals surface area contributed by atoms with Crippen LogP contribution in [-0.4, -0.2) is 45.0 Å². The fourth-order valence-corrected chi connectivity index (χ4v) is 4.37. The molecule has 0 aliphatic carbocycles. The summed E-state index contributed by atoms with van der Waals surface area (Å²) in [6.45, 7) is 7.24. The lowest BCUT2D eigenvalue weighted by atomic mass is 10.1. The molecule has 0 radical (unpaired) electrons. The van der Waals surface area contributed by atoms with Gasteiger partial charge in [-0.3, -0.25) is 0 Å². The summed E-state index contributed by atoms with van der Waals surface area (Å²) in [6.07, 6.45) is 0. The number of hydrogen-bond acceptors (Lipinski definition) is 5. The summed E-state index contributed by atoms with van der Waals surface area (Å²) >= 11 is 0. The summed E-state index contributed by atoms with van der Waals surface area (Å²) in [5.74, 6) is 0.000866. The zero-order valence-electron chi connectivity index (χ0n) is 15.7. The number of sulfonamides is 1. The van der Waals surface area contributed by atoms with Crippen molar-refractivity contribution < 1.29 is 22.7 Å². The van der Waals surface area contributed by atoms with Crippen LogP contribution in [0, 0.1) is 20.8 Å². The highest BCUT2D eigenvalue weighted by Crippen LogP contribution is 2.25. The molecule has 1 aliphatic rings. The van der Waals surface area contributed by atoms with Gasteiger partial charge in [-0.1, -0.05) is 6.07 Å². The number of esters is 1. The van der Waals surface area contributed by atoms with Crippen molar-refractivity contribution in [1.82, 2.24) is 4.31 Å². The van der Waals surface area contributed by atoms with Crippen LogP contribution in [0.4, 0.5) is 0 Å². The molecule has 0 atom stereocenters. The molecule has 2 aromatic rings. The molecule has 1 aliphatic heterocycles. The highest BCUT2D eigenvalue weighted by Gasteiger charge is 2.26. The number of nitrogens with zero attached hydrogens (tertiary/aromatic N) is 1. The average molecular weight is 389 g/mol. The van der Waals surface area contributed by atoms with Crippen molar-refractivity contribution in [2.75, 3.05) is 26.3 Å². The minimum atomic E-state index is -3.58. The van der Waals surface area contributed by atoms with E-state index in [1.54, 1.807) is 0 Å². The molecule has 1 saturated heterocycles. The van der Waals surface area contributed by atoms with E-state index in [1.165, 1.54) is 28.6 Å². The van der Waals surface area contributed by atoms with Crippen LogP contribution < -0.4 is 4.74 Å². The topological polar surface area (TPSA) is 72.9 Å². The molecule has 1 fully saturated rings. The summed E-state index contributed by atoms with van der Waals surface area (Å²) < 4.78 is 37.4. The second kappa shape index (κ2) is 7.80. The highest BCUT2D eigenvalue weighted by atomic mass is 32.2. The predicted octanol–water partition coefficient (Wildman–Crippen LogP) is 2.85. The van der Waals surface area contributed by atoms with E-state index in [0.29, 0.717) is 37.6 Å².